The molecule has 208 valence electrons. The lowest BCUT2D eigenvalue weighted by atomic mass is 9.89. The molecule has 1 aliphatic rings. The number of aryl methyl sites for hydroxylation is 2. The van der Waals surface area contributed by atoms with Crippen molar-refractivity contribution < 1.29 is 9.90 Å². The number of carbonyl (C=O) groups is 1. The minimum Gasteiger partial charge on any atom is -0.393 e. The van der Waals surface area contributed by atoms with E-state index in [1.165, 1.54) is 19.3 Å². The molecule has 0 unspecified atom stereocenters. The summed E-state index contributed by atoms with van der Waals surface area (Å²) in [7, 11) is 1.72. The van der Waals surface area contributed by atoms with Crippen LogP contribution in [-0.4, -0.2) is 39.1 Å². The zero-order valence-corrected chi connectivity index (χ0v) is 24.5. The number of pyridine rings is 2. The van der Waals surface area contributed by atoms with Gasteiger partial charge in [0.25, 0.3) is 0 Å². The van der Waals surface area contributed by atoms with Crippen molar-refractivity contribution >= 4 is 28.9 Å². The van der Waals surface area contributed by atoms with E-state index in [4.69, 9.17) is 5.11 Å². The normalized spacial score (nSPS) is 13.1. The number of aliphatic hydroxyl groups is 1. The lowest BCUT2D eigenvalue weighted by molar-refractivity contribution is -0.125. The van der Waals surface area contributed by atoms with Crippen LogP contribution in [0, 0.1) is 19.8 Å². The van der Waals surface area contributed by atoms with Crippen LogP contribution in [0.25, 0.3) is 10.6 Å². The van der Waals surface area contributed by atoms with Crippen LogP contribution in [0.1, 0.15) is 82.2 Å². The third kappa shape index (κ3) is 11.7. The Morgan fingerprint density at radius 1 is 1.05 bits per heavy atom. The molecule has 3 N–H and O–H groups in total. The van der Waals surface area contributed by atoms with Gasteiger partial charge in [-0.05, 0) is 69.4 Å². The van der Waals surface area contributed by atoms with Crippen molar-refractivity contribution in [1.82, 2.24) is 20.3 Å². The second kappa shape index (κ2) is 17.6. The molecule has 3 aromatic heterocycles. The average Bonchev–Trinajstić information content (AvgIpc) is 3.36. The number of nitrogens with zero attached hydrogens (tertiary/aromatic N) is 3. The predicted octanol–water partition coefficient (Wildman–Crippen LogP) is 7.22. The molecule has 4 rings (SSSR count). The Morgan fingerprint density at radius 3 is 2.34 bits per heavy atom. The number of thiazole rings is 1. The van der Waals surface area contributed by atoms with E-state index < -0.39 is 0 Å². The molecular formula is C30H45N5O2S. The Hall–Kier alpha value is -2.84. The first-order valence-electron chi connectivity index (χ1n) is 13.8. The quantitative estimate of drug-likeness (QED) is 0.279. The Balaban J connectivity index is 0.000000236. The number of rotatable bonds is 8. The lowest BCUT2D eigenvalue weighted by Gasteiger charge is -2.19. The molecule has 0 saturated heterocycles. The standard InChI is InChI=1S/C15H14N4S.C8H15NO.C7H16O/c1-10-6-7-16-15(8-10)19-14-5-3-4-12(18-14)13-9-17-11(2)20-13;1-9-8(10)7-5-3-2-4-6-7;1-3-5-7(8)6-4-2/h3-9H,1-2H3,(H,16,18,19);7H,2-6H2,1H3,(H,9,10);7-8H,3-6H2,1-2H3. The second-order valence-electron chi connectivity index (χ2n) is 9.68. The van der Waals surface area contributed by atoms with Gasteiger partial charge in [0, 0.05) is 25.4 Å². The smallest absolute Gasteiger partial charge is 0.222 e. The molecule has 1 aliphatic carbocycles. The molecule has 0 aromatic carbocycles. The van der Waals surface area contributed by atoms with Crippen molar-refractivity contribution in [3.05, 3.63) is 53.3 Å². The molecule has 8 heteroatoms. The molecule has 3 heterocycles. The Kier molecular flexibility index (Phi) is 14.6. The molecule has 0 aliphatic heterocycles. The summed E-state index contributed by atoms with van der Waals surface area (Å²) < 4.78 is 0. The van der Waals surface area contributed by atoms with Crippen molar-refractivity contribution in [3.63, 3.8) is 0 Å². The lowest BCUT2D eigenvalue weighted by Crippen LogP contribution is -2.28. The highest BCUT2D eigenvalue weighted by Crippen LogP contribution is 2.26. The Labute approximate surface area is 232 Å². The predicted molar refractivity (Wildman–Crippen MR) is 159 cm³/mol. The maximum absolute atomic E-state index is 11.1. The molecule has 0 radical (unpaired) electrons. The number of anilines is 2. The highest BCUT2D eigenvalue weighted by Gasteiger charge is 2.19. The van der Waals surface area contributed by atoms with E-state index in [0.717, 1.165) is 71.3 Å². The van der Waals surface area contributed by atoms with Gasteiger partial charge in [-0.2, -0.15) is 0 Å². The molecule has 0 spiro atoms. The summed E-state index contributed by atoms with van der Waals surface area (Å²) in [5.74, 6) is 2.14. The molecule has 3 aromatic rings. The number of amides is 1. The molecule has 0 atom stereocenters. The summed E-state index contributed by atoms with van der Waals surface area (Å²) >= 11 is 1.64. The first-order valence-corrected chi connectivity index (χ1v) is 14.7. The SMILES string of the molecule is CCCC(O)CCC.CNC(=O)C1CCCCC1.Cc1ccnc(Nc2cccc(-c3cnc(C)s3)n2)c1. The number of hydrogen-bond acceptors (Lipinski definition) is 7. The maximum atomic E-state index is 11.1. The van der Waals surface area contributed by atoms with Gasteiger partial charge in [-0.1, -0.05) is 52.0 Å². The molecule has 7 nitrogen and oxygen atoms in total. The van der Waals surface area contributed by atoms with Crippen LogP contribution in [0.4, 0.5) is 11.6 Å². The summed E-state index contributed by atoms with van der Waals surface area (Å²) in [5.41, 5.74) is 2.09. The summed E-state index contributed by atoms with van der Waals surface area (Å²) in [6.45, 7) is 8.22. The second-order valence-corrected chi connectivity index (χ2v) is 10.9. The minimum atomic E-state index is -0.0370. The summed E-state index contributed by atoms with van der Waals surface area (Å²) in [6, 6.07) is 9.86. The number of aliphatic hydroxyl groups excluding tert-OH is 1. The largest absolute Gasteiger partial charge is 0.393 e. The van der Waals surface area contributed by atoms with Crippen molar-refractivity contribution in [1.29, 1.82) is 0 Å². The van der Waals surface area contributed by atoms with Gasteiger partial charge in [-0.15, -0.1) is 11.3 Å². The minimum absolute atomic E-state index is 0.0370. The van der Waals surface area contributed by atoms with Gasteiger partial charge in [0.15, 0.2) is 0 Å². The molecule has 0 bridgehead atoms. The van der Waals surface area contributed by atoms with Crippen molar-refractivity contribution in [3.8, 4) is 10.6 Å². The van der Waals surface area contributed by atoms with E-state index in [0.29, 0.717) is 5.92 Å². The van der Waals surface area contributed by atoms with Gasteiger partial charge in [0.2, 0.25) is 5.91 Å². The third-order valence-corrected chi connectivity index (χ3v) is 7.20. The average molecular weight is 540 g/mol. The monoisotopic (exact) mass is 539 g/mol. The van der Waals surface area contributed by atoms with Crippen molar-refractivity contribution in [2.45, 2.75) is 91.6 Å². The fourth-order valence-electron chi connectivity index (χ4n) is 4.24. The van der Waals surface area contributed by atoms with E-state index in [1.807, 2.05) is 50.4 Å². The zero-order chi connectivity index (χ0) is 27.8. The van der Waals surface area contributed by atoms with Crippen LogP contribution in [-0.2, 0) is 4.79 Å². The summed E-state index contributed by atoms with van der Waals surface area (Å²) in [6.07, 6.45) is 13.7. The number of hydrogen-bond donors (Lipinski definition) is 3. The first-order chi connectivity index (χ1) is 18.4. The third-order valence-electron chi connectivity index (χ3n) is 6.26. The fraction of sp³-hybridized carbons (Fsp3) is 0.533. The van der Waals surface area contributed by atoms with Crippen molar-refractivity contribution in [2.24, 2.45) is 5.92 Å². The maximum Gasteiger partial charge on any atom is 0.222 e. The van der Waals surface area contributed by atoms with Crippen LogP contribution in [0.15, 0.2) is 42.7 Å². The van der Waals surface area contributed by atoms with Crippen LogP contribution < -0.4 is 10.6 Å². The molecule has 1 saturated carbocycles. The molecule has 1 amide bonds. The van der Waals surface area contributed by atoms with Crippen LogP contribution in [0.3, 0.4) is 0 Å². The van der Waals surface area contributed by atoms with Crippen LogP contribution in [0.2, 0.25) is 0 Å². The number of nitrogens with one attached hydrogen (secondary N) is 2. The highest BCUT2D eigenvalue weighted by atomic mass is 32.1. The Bertz CT molecular complexity index is 1080. The van der Waals surface area contributed by atoms with Crippen LogP contribution >= 0.6 is 11.3 Å². The molecule has 1 fully saturated rings. The molecular weight excluding hydrogens is 494 g/mol. The topological polar surface area (TPSA) is 100 Å². The Morgan fingerprint density at radius 2 is 1.76 bits per heavy atom. The van der Waals surface area contributed by atoms with Gasteiger partial charge in [0.05, 0.1) is 21.7 Å². The van der Waals surface area contributed by atoms with Crippen LogP contribution in [0.5, 0.6) is 0 Å². The number of carbonyl (C=O) groups excluding carboxylic acids is 1. The van der Waals surface area contributed by atoms with Gasteiger partial charge < -0.3 is 15.7 Å². The summed E-state index contributed by atoms with van der Waals surface area (Å²) in [4.78, 5) is 25.3. The van der Waals surface area contributed by atoms with E-state index in [9.17, 15) is 4.79 Å². The van der Waals surface area contributed by atoms with Gasteiger partial charge >= 0.3 is 0 Å². The summed E-state index contributed by atoms with van der Waals surface area (Å²) in [5, 5.41) is 16.0. The molecule has 38 heavy (non-hydrogen) atoms. The first kappa shape index (κ1) is 31.4. The highest BCUT2D eigenvalue weighted by molar-refractivity contribution is 7.15. The zero-order valence-electron chi connectivity index (χ0n) is 23.7. The van der Waals surface area contributed by atoms with Gasteiger partial charge in [-0.3, -0.25) is 4.79 Å². The number of aromatic nitrogens is 3. The van der Waals surface area contributed by atoms with Crippen molar-refractivity contribution in [2.75, 3.05) is 12.4 Å². The van der Waals surface area contributed by atoms with E-state index in [-0.39, 0.29) is 12.0 Å². The van der Waals surface area contributed by atoms with E-state index in [1.54, 1.807) is 24.6 Å². The van der Waals surface area contributed by atoms with E-state index in [2.05, 4.69) is 39.4 Å². The van der Waals surface area contributed by atoms with Gasteiger partial charge in [-0.25, -0.2) is 15.0 Å². The fourth-order valence-corrected chi connectivity index (χ4v) is 4.98. The van der Waals surface area contributed by atoms with E-state index >= 15 is 0 Å². The van der Waals surface area contributed by atoms with Gasteiger partial charge in [0.1, 0.15) is 11.6 Å².